The number of fused-ring (bicyclic) bond motifs is 1. The van der Waals surface area contributed by atoms with Gasteiger partial charge in [-0.25, -0.2) is 4.79 Å². The summed E-state index contributed by atoms with van der Waals surface area (Å²) in [6.07, 6.45) is -1.82. The van der Waals surface area contributed by atoms with Crippen molar-refractivity contribution in [2.45, 2.75) is 29.5 Å². The molecule has 2 atom stereocenters. The Morgan fingerprint density at radius 1 is 0.884 bits per heavy atom. The highest BCUT2D eigenvalue weighted by atomic mass is 32.2. The second-order valence-electron chi connectivity index (χ2n) is 10.1. The van der Waals surface area contributed by atoms with Crippen molar-refractivity contribution in [3.8, 4) is 11.5 Å². The van der Waals surface area contributed by atoms with E-state index in [2.05, 4.69) is 0 Å². The lowest BCUT2D eigenvalue weighted by atomic mass is 10.1. The zero-order chi connectivity index (χ0) is 30.2. The molecule has 222 valence electrons. The molecule has 1 aliphatic heterocycles. The average Bonchev–Trinajstić information content (AvgIpc) is 3.15. The van der Waals surface area contributed by atoms with Crippen LogP contribution in [-0.2, 0) is 22.7 Å². The van der Waals surface area contributed by atoms with Crippen LogP contribution in [0.3, 0.4) is 0 Å². The highest BCUT2D eigenvalue weighted by Crippen LogP contribution is 2.47. The van der Waals surface area contributed by atoms with Gasteiger partial charge in [0.15, 0.2) is 0 Å². The van der Waals surface area contributed by atoms with Crippen LogP contribution in [0.4, 0.5) is 10.5 Å². The monoisotopic (exact) mass is 598 g/mol. The van der Waals surface area contributed by atoms with Crippen LogP contribution >= 0.6 is 11.8 Å². The van der Waals surface area contributed by atoms with E-state index in [9.17, 15) is 14.7 Å². The Hall–Kier alpha value is -4.47. The third kappa shape index (κ3) is 7.49. The molecule has 0 spiro atoms. The molecule has 2 amide bonds. The predicted octanol–water partition coefficient (Wildman–Crippen LogP) is 6.08. The summed E-state index contributed by atoms with van der Waals surface area (Å²) >= 11 is 1.40. The number of ether oxygens (including phenoxy) is 3. The SMILES string of the molecule is COc1ccc([C@H]2Sc3cc(OCc4ccccc4)ccc3N(CCN(C)C(=O)OCc3ccccc3)C(=O)[C@H]2O)cc1. The molecule has 0 fully saturated rings. The molecule has 1 N–H and O–H groups in total. The van der Waals surface area contributed by atoms with E-state index < -0.39 is 23.4 Å². The van der Waals surface area contributed by atoms with Gasteiger partial charge in [-0.1, -0.05) is 72.8 Å². The number of carbonyl (C=O) groups is 2. The fourth-order valence-corrected chi connectivity index (χ4v) is 5.99. The lowest BCUT2D eigenvalue weighted by Gasteiger charge is -2.27. The third-order valence-electron chi connectivity index (χ3n) is 7.15. The van der Waals surface area contributed by atoms with Gasteiger partial charge in [-0.15, -0.1) is 11.8 Å². The summed E-state index contributed by atoms with van der Waals surface area (Å²) in [5.41, 5.74) is 3.35. The minimum atomic E-state index is -1.32. The van der Waals surface area contributed by atoms with Crippen molar-refractivity contribution in [2.75, 3.05) is 32.1 Å². The van der Waals surface area contributed by atoms with Crippen LogP contribution in [0.25, 0.3) is 0 Å². The number of thioether (sulfide) groups is 1. The number of aliphatic hydroxyl groups excluding tert-OH is 1. The fourth-order valence-electron chi connectivity index (χ4n) is 4.70. The van der Waals surface area contributed by atoms with Gasteiger partial charge in [0, 0.05) is 25.0 Å². The van der Waals surface area contributed by atoms with E-state index >= 15 is 0 Å². The van der Waals surface area contributed by atoms with Crippen molar-refractivity contribution in [3.05, 3.63) is 120 Å². The fraction of sp³-hybridized carbons (Fsp3) is 0.235. The minimum Gasteiger partial charge on any atom is -0.497 e. The smallest absolute Gasteiger partial charge is 0.409 e. The van der Waals surface area contributed by atoms with Gasteiger partial charge in [0.05, 0.1) is 18.0 Å². The quantitative estimate of drug-likeness (QED) is 0.237. The van der Waals surface area contributed by atoms with Gasteiger partial charge in [0.1, 0.15) is 30.8 Å². The Morgan fingerprint density at radius 3 is 2.16 bits per heavy atom. The molecule has 0 aliphatic carbocycles. The van der Waals surface area contributed by atoms with Crippen LogP contribution in [-0.4, -0.2) is 55.4 Å². The summed E-state index contributed by atoms with van der Waals surface area (Å²) in [5, 5.41) is 10.8. The molecule has 4 aromatic rings. The summed E-state index contributed by atoms with van der Waals surface area (Å²) in [5.74, 6) is 0.883. The summed E-state index contributed by atoms with van der Waals surface area (Å²) in [4.78, 5) is 30.2. The molecule has 8 nitrogen and oxygen atoms in total. The first-order valence-electron chi connectivity index (χ1n) is 14.0. The highest BCUT2D eigenvalue weighted by Gasteiger charge is 2.37. The number of amides is 2. The number of nitrogens with zero attached hydrogens (tertiary/aromatic N) is 2. The molecular formula is C34H34N2O6S. The molecule has 43 heavy (non-hydrogen) atoms. The molecular weight excluding hydrogens is 564 g/mol. The van der Waals surface area contributed by atoms with Crippen molar-refractivity contribution in [1.82, 2.24) is 4.90 Å². The van der Waals surface area contributed by atoms with E-state index in [4.69, 9.17) is 14.2 Å². The number of hydrogen-bond acceptors (Lipinski definition) is 7. The van der Waals surface area contributed by atoms with Crippen LogP contribution in [0.5, 0.6) is 11.5 Å². The molecule has 0 aromatic heterocycles. The molecule has 5 rings (SSSR count). The predicted molar refractivity (Wildman–Crippen MR) is 166 cm³/mol. The molecule has 4 aromatic carbocycles. The lowest BCUT2D eigenvalue weighted by Crippen LogP contribution is -2.44. The Bertz CT molecular complexity index is 1520. The largest absolute Gasteiger partial charge is 0.497 e. The summed E-state index contributed by atoms with van der Waals surface area (Å²) in [7, 11) is 3.22. The van der Waals surface area contributed by atoms with Gasteiger partial charge < -0.3 is 29.1 Å². The summed E-state index contributed by atoms with van der Waals surface area (Å²) < 4.78 is 16.8. The van der Waals surface area contributed by atoms with Gasteiger partial charge in [0.25, 0.3) is 5.91 Å². The van der Waals surface area contributed by atoms with Crippen molar-refractivity contribution in [2.24, 2.45) is 0 Å². The maximum absolute atomic E-state index is 13.8. The van der Waals surface area contributed by atoms with Crippen molar-refractivity contribution in [3.63, 3.8) is 0 Å². The van der Waals surface area contributed by atoms with E-state index in [1.54, 1.807) is 19.1 Å². The average molecular weight is 599 g/mol. The van der Waals surface area contributed by atoms with Gasteiger partial charge in [0.2, 0.25) is 0 Å². The molecule has 0 saturated carbocycles. The topological polar surface area (TPSA) is 88.5 Å². The number of rotatable bonds is 10. The van der Waals surface area contributed by atoms with Crippen LogP contribution in [0.15, 0.2) is 108 Å². The van der Waals surface area contributed by atoms with Crippen molar-refractivity contribution < 1.29 is 28.9 Å². The lowest BCUT2D eigenvalue weighted by molar-refractivity contribution is -0.126. The van der Waals surface area contributed by atoms with Crippen molar-refractivity contribution >= 4 is 29.4 Å². The van der Waals surface area contributed by atoms with Crippen LogP contribution in [0.2, 0.25) is 0 Å². The maximum Gasteiger partial charge on any atom is 0.409 e. The van der Waals surface area contributed by atoms with Gasteiger partial charge in [-0.2, -0.15) is 0 Å². The second-order valence-corrected chi connectivity index (χ2v) is 11.3. The molecule has 0 radical (unpaired) electrons. The molecule has 1 heterocycles. The van der Waals surface area contributed by atoms with E-state index in [1.165, 1.54) is 16.7 Å². The van der Waals surface area contributed by atoms with Gasteiger partial charge in [-0.05, 0) is 47.0 Å². The number of aliphatic hydroxyl groups is 1. The highest BCUT2D eigenvalue weighted by molar-refractivity contribution is 7.99. The number of carbonyl (C=O) groups excluding carboxylic acids is 2. The first-order valence-corrected chi connectivity index (χ1v) is 14.8. The van der Waals surface area contributed by atoms with E-state index in [-0.39, 0.29) is 19.7 Å². The van der Waals surface area contributed by atoms with Gasteiger partial charge in [-0.3, -0.25) is 4.79 Å². The Morgan fingerprint density at radius 2 is 1.51 bits per heavy atom. The number of likely N-dealkylation sites (N-methyl/N-ethyl adjacent to an activating group) is 1. The molecule has 0 saturated heterocycles. The van der Waals surface area contributed by atoms with Crippen molar-refractivity contribution in [1.29, 1.82) is 0 Å². The number of hydrogen-bond donors (Lipinski definition) is 1. The molecule has 0 unspecified atom stereocenters. The van der Waals surface area contributed by atoms with E-state index in [0.717, 1.165) is 21.6 Å². The molecule has 9 heteroatoms. The normalized spacial score (nSPS) is 16.2. The molecule has 0 bridgehead atoms. The maximum atomic E-state index is 13.8. The summed E-state index contributed by atoms with van der Waals surface area (Å²) in [6, 6.07) is 32.2. The first kappa shape index (κ1) is 30.0. The zero-order valence-electron chi connectivity index (χ0n) is 24.1. The number of benzene rings is 4. The van der Waals surface area contributed by atoms with Crippen LogP contribution < -0.4 is 14.4 Å². The molecule has 1 aliphatic rings. The summed E-state index contributed by atoms with van der Waals surface area (Å²) in [6.45, 7) is 0.920. The Kier molecular flexibility index (Phi) is 9.86. The second kappa shape index (κ2) is 14.1. The first-order chi connectivity index (χ1) is 20.9. The zero-order valence-corrected chi connectivity index (χ0v) is 24.9. The van der Waals surface area contributed by atoms with Gasteiger partial charge >= 0.3 is 6.09 Å². The van der Waals surface area contributed by atoms with E-state index in [1.807, 2.05) is 103 Å². The number of anilines is 1. The van der Waals surface area contributed by atoms with Crippen LogP contribution in [0, 0.1) is 0 Å². The Balaban J connectivity index is 1.36. The van der Waals surface area contributed by atoms with E-state index in [0.29, 0.717) is 23.8 Å². The Labute approximate surface area is 255 Å². The van der Waals surface area contributed by atoms with Crippen LogP contribution in [0.1, 0.15) is 21.9 Å². The minimum absolute atomic E-state index is 0.153. The standard InChI is InChI=1S/C34H34N2O6S/c1-35(34(39)42-23-25-11-7-4-8-12-25)19-20-36-29-18-17-28(41-22-24-9-5-3-6-10-24)21-30(29)43-32(31(37)33(36)38)26-13-15-27(40-2)16-14-26/h3-18,21,31-32,37H,19-20,22-23H2,1-2H3/t31-,32+/m0/s1. The third-order valence-corrected chi connectivity index (χ3v) is 8.52. The number of methoxy groups -OCH3 is 1.